The second-order valence-corrected chi connectivity index (χ2v) is 7.04. The molecule has 1 heterocycles. The van der Waals surface area contributed by atoms with E-state index in [1.807, 2.05) is 61.0 Å². The predicted octanol–water partition coefficient (Wildman–Crippen LogP) is 5.48. The molecule has 3 rings (SSSR count). The summed E-state index contributed by atoms with van der Waals surface area (Å²) in [6, 6.07) is 13.3. The van der Waals surface area contributed by atoms with Crippen LogP contribution in [0, 0.1) is 0 Å². The summed E-state index contributed by atoms with van der Waals surface area (Å²) < 4.78 is 7.65. The monoisotopic (exact) mass is 393 g/mol. The molecule has 0 aliphatic heterocycles. The molecule has 25 heavy (non-hydrogen) atoms. The van der Waals surface area contributed by atoms with Crippen molar-refractivity contribution in [2.24, 2.45) is 7.05 Å². The topological polar surface area (TPSA) is 39.9 Å². The van der Waals surface area contributed by atoms with Crippen LogP contribution in [0.1, 0.15) is 12.5 Å². The number of thioether (sulfide) groups is 1. The van der Waals surface area contributed by atoms with Crippen LogP contribution in [0.4, 0.5) is 0 Å². The molecule has 0 amide bonds. The fourth-order valence-electron chi connectivity index (χ4n) is 2.41. The Bertz CT molecular complexity index is 862. The normalized spacial score (nSPS) is 10.9. The van der Waals surface area contributed by atoms with Crippen LogP contribution in [0.2, 0.25) is 10.0 Å². The zero-order valence-corrected chi connectivity index (χ0v) is 16.2. The van der Waals surface area contributed by atoms with Gasteiger partial charge in [0, 0.05) is 22.8 Å². The van der Waals surface area contributed by atoms with Crippen LogP contribution >= 0.6 is 35.0 Å². The summed E-state index contributed by atoms with van der Waals surface area (Å²) in [5.74, 6) is 2.18. The largest absolute Gasteiger partial charge is 0.493 e. The molecule has 0 bridgehead atoms. The molecule has 0 unspecified atom stereocenters. The van der Waals surface area contributed by atoms with Gasteiger partial charge >= 0.3 is 0 Å². The number of benzene rings is 2. The van der Waals surface area contributed by atoms with Crippen molar-refractivity contribution < 1.29 is 4.74 Å². The molecular weight excluding hydrogens is 377 g/mol. The first-order chi connectivity index (χ1) is 12.1. The second-order valence-electron chi connectivity index (χ2n) is 5.28. The summed E-state index contributed by atoms with van der Waals surface area (Å²) in [5.41, 5.74) is 1.82. The molecule has 1 aromatic heterocycles. The first kappa shape index (κ1) is 18.1. The lowest BCUT2D eigenvalue weighted by Gasteiger charge is -2.10. The van der Waals surface area contributed by atoms with Gasteiger partial charge in [-0.2, -0.15) is 0 Å². The third kappa shape index (κ3) is 3.94. The van der Waals surface area contributed by atoms with Gasteiger partial charge in [0.25, 0.3) is 0 Å². The van der Waals surface area contributed by atoms with Crippen molar-refractivity contribution in [3.05, 3.63) is 58.1 Å². The standard InChI is InChI=1S/C18H17Cl2N3OS/c1-3-24-16-10-5-4-7-12(16)17-21-22-18(23(17)2)25-11-13-14(19)8-6-9-15(13)20/h4-10H,3,11H2,1-2H3. The van der Waals surface area contributed by atoms with E-state index in [9.17, 15) is 0 Å². The van der Waals surface area contributed by atoms with E-state index in [4.69, 9.17) is 27.9 Å². The Kier molecular flexibility index (Phi) is 5.89. The summed E-state index contributed by atoms with van der Waals surface area (Å²) in [4.78, 5) is 0. The van der Waals surface area contributed by atoms with Crippen LogP contribution in [0.3, 0.4) is 0 Å². The highest BCUT2D eigenvalue weighted by molar-refractivity contribution is 7.98. The molecule has 0 saturated heterocycles. The number of hydrogen-bond donors (Lipinski definition) is 0. The Hall–Kier alpha value is -1.69. The Labute approximate surface area is 161 Å². The van der Waals surface area contributed by atoms with E-state index in [1.165, 1.54) is 0 Å². The fourth-order valence-corrected chi connectivity index (χ4v) is 4.07. The van der Waals surface area contributed by atoms with Crippen molar-refractivity contribution in [2.75, 3.05) is 6.61 Å². The van der Waals surface area contributed by atoms with E-state index in [0.717, 1.165) is 27.9 Å². The SMILES string of the molecule is CCOc1ccccc1-c1nnc(SCc2c(Cl)cccc2Cl)n1C. The molecule has 0 saturated carbocycles. The minimum atomic E-state index is 0.599. The Balaban J connectivity index is 1.85. The number of hydrogen-bond acceptors (Lipinski definition) is 4. The van der Waals surface area contributed by atoms with Crippen LogP contribution in [-0.4, -0.2) is 21.4 Å². The van der Waals surface area contributed by atoms with Crippen LogP contribution < -0.4 is 4.74 Å². The molecule has 2 aromatic carbocycles. The minimum absolute atomic E-state index is 0.599. The van der Waals surface area contributed by atoms with Crippen LogP contribution in [0.25, 0.3) is 11.4 Å². The van der Waals surface area contributed by atoms with Gasteiger partial charge in [-0.25, -0.2) is 0 Å². The molecule has 0 fully saturated rings. The molecule has 0 N–H and O–H groups in total. The Morgan fingerprint density at radius 1 is 1.04 bits per heavy atom. The maximum absolute atomic E-state index is 6.24. The van der Waals surface area contributed by atoms with E-state index in [1.54, 1.807) is 11.8 Å². The van der Waals surface area contributed by atoms with Crippen molar-refractivity contribution >= 4 is 35.0 Å². The molecule has 0 atom stereocenters. The molecule has 0 spiro atoms. The second kappa shape index (κ2) is 8.13. The van der Waals surface area contributed by atoms with Gasteiger partial charge in [0.2, 0.25) is 0 Å². The zero-order chi connectivity index (χ0) is 17.8. The highest BCUT2D eigenvalue weighted by atomic mass is 35.5. The van der Waals surface area contributed by atoms with E-state index >= 15 is 0 Å². The predicted molar refractivity (Wildman–Crippen MR) is 104 cm³/mol. The van der Waals surface area contributed by atoms with Gasteiger partial charge in [-0.15, -0.1) is 10.2 Å². The van der Waals surface area contributed by atoms with Crippen LogP contribution in [0.5, 0.6) is 5.75 Å². The molecule has 0 aliphatic rings. The van der Waals surface area contributed by atoms with E-state index in [0.29, 0.717) is 22.4 Å². The molecule has 0 radical (unpaired) electrons. The molecule has 130 valence electrons. The molecule has 4 nitrogen and oxygen atoms in total. The Morgan fingerprint density at radius 3 is 2.48 bits per heavy atom. The molecular formula is C18H17Cl2N3OS. The van der Waals surface area contributed by atoms with Gasteiger partial charge < -0.3 is 9.30 Å². The van der Waals surface area contributed by atoms with Crippen LogP contribution in [0.15, 0.2) is 47.6 Å². The zero-order valence-electron chi connectivity index (χ0n) is 13.9. The van der Waals surface area contributed by atoms with Gasteiger partial charge in [-0.3, -0.25) is 0 Å². The lowest BCUT2D eigenvalue weighted by atomic mass is 10.2. The van der Waals surface area contributed by atoms with Gasteiger partial charge in [-0.1, -0.05) is 53.2 Å². The van der Waals surface area contributed by atoms with Crippen molar-refractivity contribution in [3.63, 3.8) is 0 Å². The lowest BCUT2D eigenvalue weighted by molar-refractivity contribution is 0.341. The number of ether oxygens (including phenoxy) is 1. The molecule has 7 heteroatoms. The van der Waals surface area contributed by atoms with Crippen molar-refractivity contribution in [3.8, 4) is 17.1 Å². The lowest BCUT2D eigenvalue weighted by Crippen LogP contribution is -1.99. The van der Waals surface area contributed by atoms with Gasteiger partial charge in [-0.05, 0) is 36.8 Å². The number of nitrogens with zero attached hydrogens (tertiary/aromatic N) is 3. The molecule has 3 aromatic rings. The third-order valence-corrected chi connectivity index (χ3v) is 5.42. The van der Waals surface area contributed by atoms with Gasteiger partial charge in [0.05, 0.1) is 12.2 Å². The van der Waals surface area contributed by atoms with Crippen molar-refractivity contribution in [2.45, 2.75) is 17.8 Å². The van der Waals surface area contributed by atoms with Crippen LogP contribution in [-0.2, 0) is 12.8 Å². The summed E-state index contributed by atoms with van der Waals surface area (Å²) in [6.07, 6.45) is 0. The smallest absolute Gasteiger partial charge is 0.191 e. The Morgan fingerprint density at radius 2 is 1.76 bits per heavy atom. The van der Waals surface area contributed by atoms with Gasteiger partial charge in [0.1, 0.15) is 5.75 Å². The quantitative estimate of drug-likeness (QED) is 0.519. The van der Waals surface area contributed by atoms with E-state index in [2.05, 4.69) is 10.2 Å². The average molecular weight is 394 g/mol. The summed E-state index contributed by atoms with van der Waals surface area (Å²) in [6.45, 7) is 2.56. The number of para-hydroxylation sites is 1. The first-order valence-corrected chi connectivity index (χ1v) is 9.53. The summed E-state index contributed by atoms with van der Waals surface area (Å²) >= 11 is 14.0. The fraction of sp³-hybridized carbons (Fsp3) is 0.222. The van der Waals surface area contributed by atoms with Gasteiger partial charge in [0.15, 0.2) is 11.0 Å². The average Bonchev–Trinajstić information content (AvgIpc) is 2.96. The maximum Gasteiger partial charge on any atom is 0.191 e. The van der Waals surface area contributed by atoms with E-state index < -0.39 is 0 Å². The number of halogens is 2. The number of aromatic nitrogens is 3. The summed E-state index contributed by atoms with van der Waals surface area (Å²) in [7, 11) is 1.94. The number of rotatable bonds is 6. The highest BCUT2D eigenvalue weighted by Crippen LogP contribution is 2.33. The maximum atomic E-state index is 6.24. The first-order valence-electron chi connectivity index (χ1n) is 7.79. The van der Waals surface area contributed by atoms with Crippen molar-refractivity contribution in [1.82, 2.24) is 14.8 Å². The van der Waals surface area contributed by atoms with Crippen molar-refractivity contribution in [1.29, 1.82) is 0 Å². The third-order valence-electron chi connectivity index (χ3n) is 3.67. The molecule has 0 aliphatic carbocycles. The highest BCUT2D eigenvalue weighted by Gasteiger charge is 2.16. The minimum Gasteiger partial charge on any atom is -0.493 e. The summed E-state index contributed by atoms with van der Waals surface area (Å²) in [5, 5.41) is 10.7. The van der Waals surface area contributed by atoms with E-state index in [-0.39, 0.29) is 0 Å².